The van der Waals surface area contributed by atoms with Gasteiger partial charge in [0.1, 0.15) is 5.82 Å². The lowest BCUT2D eigenvalue weighted by Gasteiger charge is -2.18. The molecule has 0 saturated heterocycles. The summed E-state index contributed by atoms with van der Waals surface area (Å²) in [4.78, 5) is 25.3. The summed E-state index contributed by atoms with van der Waals surface area (Å²) in [6, 6.07) is 9.71. The fourth-order valence-electron chi connectivity index (χ4n) is 2.28. The van der Waals surface area contributed by atoms with Crippen LogP contribution in [-0.4, -0.2) is 45.1 Å². The van der Waals surface area contributed by atoms with Gasteiger partial charge in [-0.1, -0.05) is 29.8 Å². The second-order valence-electron chi connectivity index (χ2n) is 5.79. The molecular weight excluding hydrogens is 397 g/mol. The van der Waals surface area contributed by atoms with Gasteiger partial charge in [0.05, 0.1) is 10.5 Å². The van der Waals surface area contributed by atoms with Crippen LogP contribution in [0.3, 0.4) is 0 Å². The molecule has 6 nitrogen and oxygen atoms in total. The molecule has 0 N–H and O–H groups in total. The van der Waals surface area contributed by atoms with Crippen molar-refractivity contribution in [1.29, 1.82) is 0 Å². The largest absolute Gasteiger partial charge is 0.452 e. The zero-order valence-electron chi connectivity index (χ0n) is 14.6. The van der Waals surface area contributed by atoms with Gasteiger partial charge in [0, 0.05) is 30.4 Å². The number of sulfone groups is 1. The molecule has 2 aromatic rings. The summed E-state index contributed by atoms with van der Waals surface area (Å²) in [5, 5.41) is 0.175. The molecule has 0 saturated carbocycles. The van der Waals surface area contributed by atoms with Gasteiger partial charge < -0.3 is 9.64 Å². The molecule has 9 heteroatoms. The molecule has 0 unspecified atom stereocenters. The van der Waals surface area contributed by atoms with Crippen LogP contribution < -0.4 is 0 Å². The molecule has 144 valence electrons. The van der Waals surface area contributed by atoms with E-state index in [2.05, 4.69) is 0 Å². The van der Waals surface area contributed by atoms with Crippen molar-refractivity contribution < 1.29 is 27.1 Å². The van der Waals surface area contributed by atoms with Gasteiger partial charge in [-0.3, -0.25) is 4.79 Å². The van der Waals surface area contributed by atoms with Crippen LogP contribution in [0.15, 0.2) is 47.4 Å². The van der Waals surface area contributed by atoms with Crippen LogP contribution in [0.5, 0.6) is 0 Å². The molecular formula is C18H17ClFNO5S. The summed E-state index contributed by atoms with van der Waals surface area (Å²) >= 11 is 5.93. The molecule has 0 radical (unpaired) electrons. The topological polar surface area (TPSA) is 80.8 Å². The Labute approximate surface area is 161 Å². The minimum absolute atomic E-state index is 0.109. The number of carbonyl (C=O) groups excluding carboxylic acids is 2. The Morgan fingerprint density at radius 1 is 1.15 bits per heavy atom. The molecule has 2 rings (SSSR count). The number of rotatable bonds is 6. The maximum absolute atomic E-state index is 13.8. The molecule has 0 heterocycles. The van der Waals surface area contributed by atoms with Crippen molar-refractivity contribution in [3.05, 3.63) is 64.4 Å². The molecule has 0 bridgehead atoms. The van der Waals surface area contributed by atoms with E-state index in [1.54, 1.807) is 0 Å². The van der Waals surface area contributed by atoms with Crippen LogP contribution >= 0.6 is 11.6 Å². The molecule has 27 heavy (non-hydrogen) atoms. The highest BCUT2D eigenvalue weighted by molar-refractivity contribution is 7.90. The number of benzene rings is 2. The quantitative estimate of drug-likeness (QED) is 0.680. The number of nitrogens with zero attached hydrogens (tertiary/aromatic N) is 1. The standard InChI is InChI=1S/C18H17ClFNO5S/c1-21(10-13-14(19)7-5-8-15(13)20)17(22)11-26-18(23)12-6-3-4-9-16(12)27(2,24)25/h3-9H,10-11H2,1-2H3. The van der Waals surface area contributed by atoms with Crippen LogP contribution in [0.2, 0.25) is 5.02 Å². The molecule has 0 aromatic heterocycles. The Bertz CT molecular complexity index is 957. The Balaban J connectivity index is 2.04. The third-order valence-electron chi connectivity index (χ3n) is 3.72. The minimum atomic E-state index is -3.64. The summed E-state index contributed by atoms with van der Waals surface area (Å²) in [5.74, 6) is -2.09. The maximum atomic E-state index is 13.8. The zero-order valence-corrected chi connectivity index (χ0v) is 16.2. The number of ether oxygens (including phenoxy) is 1. The van der Waals surface area contributed by atoms with Crippen molar-refractivity contribution in [2.24, 2.45) is 0 Å². The molecule has 0 aliphatic carbocycles. The van der Waals surface area contributed by atoms with E-state index in [0.717, 1.165) is 11.2 Å². The number of amides is 1. The summed E-state index contributed by atoms with van der Waals surface area (Å²) in [7, 11) is -2.23. The smallest absolute Gasteiger partial charge is 0.339 e. The number of carbonyl (C=O) groups is 2. The van der Waals surface area contributed by atoms with E-state index in [1.807, 2.05) is 0 Å². The highest BCUT2D eigenvalue weighted by Gasteiger charge is 2.21. The number of esters is 1. The second kappa shape index (κ2) is 8.49. The van der Waals surface area contributed by atoms with E-state index in [9.17, 15) is 22.4 Å². The first-order valence-corrected chi connectivity index (χ1v) is 10.0. The second-order valence-corrected chi connectivity index (χ2v) is 8.19. The van der Waals surface area contributed by atoms with E-state index in [1.165, 1.54) is 49.5 Å². The van der Waals surface area contributed by atoms with Crippen LogP contribution in [0.25, 0.3) is 0 Å². The first-order chi connectivity index (χ1) is 12.6. The highest BCUT2D eigenvalue weighted by atomic mass is 35.5. The third-order valence-corrected chi connectivity index (χ3v) is 5.22. The summed E-state index contributed by atoms with van der Waals surface area (Å²) in [6.07, 6.45) is 0.968. The molecule has 0 spiro atoms. The first kappa shape index (κ1) is 20.9. The van der Waals surface area contributed by atoms with E-state index >= 15 is 0 Å². The Kier molecular flexibility index (Phi) is 6.56. The molecule has 2 aromatic carbocycles. The van der Waals surface area contributed by atoms with E-state index < -0.39 is 34.1 Å². The Morgan fingerprint density at radius 3 is 2.44 bits per heavy atom. The van der Waals surface area contributed by atoms with Crippen LogP contribution in [0.4, 0.5) is 4.39 Å². The van der Waals surface area contributed by atoms with Gasteiger partial charge in [-0.05, 0) is 24.3 Å². The fraction of sp³-hybridized carbons (Fsp3) is 0.222. The average molecular weight is 414 g/mol. The number of hydrogen-bond donors (Lipinski definition) is 0. The van der Waals surface area contributed by atoms with Crippen LogP contribution in [-0.2, 0) is 25.9 Å². The minimum Gasteiger partial charge on any atom is -0.452 e. The van der Waals surface area contributed by atoms with Crippen LogP contribution in [0, 0.1) is 5.82 Å². The lowest BCUT2D eigenvalue weighted by molar-refractivity contribution is -0.133. The van der Waals surface area contributed by atoms with E-state index in [4.69, 9.17) is 16.3 Å². The van der Waals surface area contributed by atoms with Crippen LogP contribution in [0.1, 0.15) is 15.9 Å². The van der Waals surface area contributed by atoms with Gasteiger partial charge in [-0.2, -0.15) is 0 Å². The normalized spacial score (nSPS) is 11.1. The first-order valence-electron chi connectivity index (χ1n) is 7.74. The summed E-state index contributed by atoms with van der Waals surface area (Å²) in [5.41, 5.74) is -0.0173. The van der Waals surface area contributed by atoms with Gasteiger partial charge >= 0.3 is 5.97 Å². The molecule has 0 aliphatic heterocycles. The van der Waals surface area contributed by atoms with Gasteiger partial charge in [-0.25, -0.2) is 17.6 Å². The summed E-state index contributed by atoms with van der Waals surface area (Å²) < 4.78 is 42.2. The van der Waals surface area contributed by atoms with Crippen molar-refractivity contribution >= 4 is 33.3 Å². The molecule has 0 atom stereocenters. The zero-order chi connectivity index (χ0) is 20.2. The maximum Gasteiger partial charge on any atom is 0.339 e. The fourth-order valence-corrected chi connectivity index (χ4v) is 3.38. The highest BCUT2D eigenvalue weighted by Crippen LogP contribution is 2.20. The van der Waals surface area contributed by atoms with Crippen molar-refractivity contribution in [2.75, 3.05) is 19.9 Å². The third kappa shape index (κ3) is 5.27. The van der Waals surface area contributed by atoms with Crippen molar-refractivity contribution in [1.82, 2.24) is 4.90 Å². The Morgan fingerprint density at radius 2 is 1.81 bits per heavy atom. The van der Waals surface area contributed by atoms with Gasteiger partial charge in [-0.15, -0.1) is 0 Å². The number of hydrogen-bond acceptors (Lipinski definition) is 5. The van der Waals surface area contributed by atoms with E-state index in [0.29, 0.717) is 0 Å². The van der Waals surface area contributed by atoms with Crippen molar-refractivity contribution in [3.63, 3.8) is 0 Å². The van der Waals surface area contributed by atoms with Gasteiger partial charge in [0.2, 0.25) is 0 Å². The molecule has 0 aliphatic rings. The van der Waals surface area contributed by atoms with Gasteiger partial charge in [0.25, 0.3) is 5.91 Å². The lowest BCUT2D eigenvalue weighted by atomic mass is 10.2. The average Bonchev–Trinajstić information content (AvgIpc) is 2.61. The van der Waals surface area contributed by atoms with Crippen molar-refractivity contribution in [3.8, 4) is 0 Å². The summed E-state index contributed by atoms with van der Waals surface area (Å²) in [6.45, 7) is -0.735. The lowest BCUT2D eigenvalue weighted by Crippen LogP contribution is -2.31. The predicted octanol–water partition coefficient (Wildman–Crippen LogP) is 2.70. The molecule has 0 fully saturated rings. The van der Waals surface area contributed by atoms with Crippen molar-refractivity contribution in [2.45, 2.75) is 11.4 Å². The monoisotopic (exact) mass is 413 g/mol. The Hall–Kier alpha value is -2.45. The predicted molar refractivity (Wildman–Crippen MR) is 97.7 cm³/mol. The molecule has 1 amide bonds. The van der Waals surface area contributed by atoms with Gasteiger partial charge in [0.15, 0.2) is 16.4 Å². The SMILES string of the molecule is CN(Cc1c(F)cccc1Cl)C(=O)COC(=O)c1ccccc1S(C)(=O)=O. The van der Waals surface area contributed by atoms with E-state index in [-0.39, 0.29) is 27.6 Å². The number of likely N-dealkylation sites (N-methyl/N-ethyl adjacent to an activating group) is 1. The number of halogens is 2.